The van der Waals surface area contributed by atoms with Crippen LogP contribution in [0, 0.1) is 12.3 Å². The maximum absolute atomic E-state index is 7.31. The zero-order valence-corrected chi connectivity index (χ0v) is 9.30. The molecule has 0 saturated heterocycles. The molecule has 0 atom stereocenters. The van der Waals surface area contributed by atoms with E-state index < -0.39 is 0 Å². The highest BCUT2D eigenvalue weighted by molar-refractivity contribution is 5.93. The maximum atomic E-state index is 7.31. The predicted octanol–water partition coefficient (Wildman–Crippen LogP) is 1.24. The lowest BCUT2D eigenvalue weighted by atomic mass is 10.3. The Labute approximate surface area is 98.0 Å². The first kappa shape index (κ1) is 11.1. The van der Waals surface area contributed by atoms with E-state index in [-0.39, 0.29) is 18.5 Å². The van der Waals surface area contributed by atoms with Crippen molar-refractivity contribution in [2.45, 2.75) is 13.5 Å². The molecule has 0 aliphatic rings. The van der Waals surface area contributed by atoms with Gasteiger partial charge in [0.2, 0.25) is 0 Å². The van der Waals surface area contributed by atoms with Gasteiger partial charge in [0.1, 0.15) is 23.9 Å². The first-order valence-electron chi connectivity index (χ1n) is 5.00. The SMILES string of the molecule is Cc1cc(C(=N)N)nc(OCc2ccco2)n1. The molecule has 0 radical (unpaired) electrons. The molecule has 0 unspecified atom stereocenters. The van der Waals surface area contributed by atoms with Crippen molar-refractivity contribution in [2.75, 3.05) is 0 Å². The molecule has 0 aliphatic carbocycles. The first-order chi connectivity index (χ1) is 8.15. The van der Waals surface area contributed by atoms with Crippen molar-refractivity contribution in [3.63, 3.8) is 0 Å². The van der Waals surface area contributed by atoms with Gasteiger partial charge in [0.05, 0.1) is 6.26 Å². The summed E-state index contributed by atoms with van der Waals surface area (Å²) in [5.41, 5.74) is 6.41. The Balaban J connectivity index is 2.13. The molecule has 17 heavy (non-hydrogen) atoms. The van der Waals surface area contributed by atoms with Gasteiger partial charge in [0.15, 0.2) is 0 Å². The lowest BCUT2D eigenvalue weighted by Gasteiger charge is -2.05. The summed E-state index contributed by atoms with van der Waals surface area (Å²) in [6, 6.07) is 5.38. The summed E-state index contributed by atoms with van der Waals surface area (Å²) in [6.07, 6.45) is 1.57. The normalized spacial score (nSPS) is 10.2. The van der Waals surface area contributed by atoms with Gasteiger partial charge in [-0.25, -0.2) is 4.98 Å². The van der Waals surface area contributed by atoms with Crippen molar-refractivity contribution in [3.8, 4) is 6.01 Å². The van der Waals surface area contributed by atoms with E-state index in [9.17, 15) is 0 Å². The summed E-state index contributed by atoms with van der Waals surface area (Å²) >= 11 is 0. The number of rotatable bonds is 4. The van der Waals surface area contributed by atoms with Crippen molar-refractivity contribution in [1.82, 2.24) is 9.97 Å². The molecule has 0 aliphatic heterocycles. The first-order valence-corrected chi connectivity index (χ1v) is 5.00. The minimum absolute atomic E-state index is 0.113. The predicted molar refractivity (Wildman–Crippen MR) is 60.8 cm³/mol. The Morgan fingerprint density at radius 1 is 1.53 bits per heavy atom. The van der Waals surface area contributed by atoms with Crippen molar-refractivity contribution >= 4 is 5.84 Å². The molecular formula is C11H12N4O2. The number of aromatic nitrogens is 2. The van der Waals surface area contributed by atoms with E-state index in [2.05, 4.69) is 9.97 Å². The third-order valence-corrected chi connectivity index (χ3v) is 2.03. The Hall–Kier alpha value is -2.37. The van der Waals surface area contributed by atoms with Gasteiger partial charge >= 0.3 is 6.01 Å². The molecule has 3 N–H and O–H groups in total. The van der Waals surface area contributed by atoms with Crippen LogP contribution in [0.5, 0.6) is 6.01 Å². The summed E-state index contributed by atoms with van der Waals surface area (Å²) in [6.45, 7) is 2.03. The fourth-order valence-electron chi connectivity index (χ4n) is 1.27. The number of furan rings is 1. The average molecular weight is 232 g/mol. The second kappa shape index (κ2) is 4.65. The second-order valence-electron chi connectivity index (χ2n) is 3.46. The zero-order chi connectivity index (χ0) is 12.3. The van der Waals surface area contributed by atoms with E-state index in [1.165, 1.54) is 0 Å². The molecule has 2 heterocycles. The molecule has 6 nitrogen and oxygen atoms in total. The van der Waals surface area contributed by atoms with Crippen LogP contribution in [0.3, 0.4) is 0 Å². The fourth-order valence-corrected chi connectivity index (χ4v) is 1.27. The number of nitrogens with one attached hydrogen (secondary N) is 1. The van der Waals surface area contributed by atoms with Gasteiger partial charge in [-0.3, -0.25) is 5.41 Å². The van der Waals surface area contributed by atoms with Gasteiger partial charge in [-0.15, -0.1) is 0 Å². The number of amidine groups is 1. The highest BCUT2D eigenvalue weighted by atomic mass is 16.5. The molecule has 0 aromatic carbocycles. The number of nitrogens with zero attached hydrogens (tertiary/aromatic N) is 2. The Morgan fingerprint density at radius 2 is 2.35 bits per heavy atom. The molecule has 0 fully saturated rings. The molecule has 88 valence electrons. The highest BCUT2D eigenvalue weighted by Gasteiger charge is 2.06. The minimum Gasteiger partial charge on any atom is -0.466 e. The molecule has 0 spiro atoms. The molecule has 2 rings (SSSR count). The molecule has 0 amide bonds. The summed E-state index contributed by atoms with van der Waals surface area (Å²) in [5, 5.41) is 7.31. The monoisotopic (exact) mass is 232 g/mol. The van der Waals surface area contributed by atoms with Crippen LogP contribution in [0.25, 0.3) is 0 Å². The van der Waals surface area contributed by atoms with E-state index in [1.807, 2.05) is 0 Å². The van der Waals surface area contributed by atoms with E-state index in [0.717, 1.165) is 0 Å². The Kier molecular flexibility index (Phi) is 3.04. The molecule has 2 aromatic rings. The van der Waals surface area contributed by atoms with E-state index in [4.69, 9.17) is 20.3 Å². The van der Waals surface area contributed by atoms with Crippen LogP contribution in [-0.4, -0.2) is 15.8 Å². The molecule has 2 aromatic heterocycles. The van der Waals surface area contributed by atoms with Crippen LogP contribution in [0.15, 0.2) is 28.9 Å². The molecular weight excluding hydrogens is 220 g/mol. The standard InChI is InChI=1S/C11H12N4O2/c1-7-5-9(10(12)13)15-11(14-7)17-6-8-3-2-4-16-8/h2-5H,6H2,1H3,(H3,12,13). The Bertz CT molecular complexity index is 522. The molecule has 0 saturated carbocycles. The van der Waals surface area contributed by atoms with Crippen LogP contribution in [0.2, 0.25) is 0 Å². The third-order valence-electron chi connectivity index (χ3n) is 2.03. The summed E-state index contributed by atoms with van der Waals surface area (Å²) in [5.74, 6) is 0.567. The van der Waals surface area contributed by atoms with Gasteiger partial charge in [0, 0.05) is 5.69 Å². The summed E-state index contributed by atoms with van der Waals surface area (Å²) < 4.78 is 10.5. The van der Waals surface area contributed by atoms with Crippen molar-refractivity contribution < 1.29 is 9.15 Å². The van der Waals surface area contributed by atoms with Crippen LogP contribution in [0.4, 0.5) is 0 Å². The number of aryl methyl sites for hydroxylation is 1. The summed E-state index contributed by atoms with van der Waals surface area (Å²) in [7, 11) is 0. The largest absolute Gasteiger partial charge is 0.466 e. The smallest absolute Gasteiger partial charge is 0.317 e. The highest BCUT2D eigenvalue weighted by Crippen LogP contribution is 2.09. The van der Waals surface area contributed by atoms with Gasteiger partial charge in [-0.1, -0.05) is 0 Å². The van der Waals surface area contributed by atoms with Crippen LogP contribution < -0.4 is 10.5 Å². The van der Waals surface area contributed by atoms with Gasteiger partial charge in [0.25, 0.3) is 0 Å². The fraction of sp³-hybridized carbons (Fsp3) is 0.182. The van der Waals surface area contributed by atoms with Gasteiger partial charge < -0.3 is 14.9 Å². The Morgan fingerprint density at radius 3 is 3.00 bits per heavy atom. The second-order valence-corrected chi connectivity index (χ2v) is 3.46. The average Bonchev–Trinajstić information content (AvgIpc) is 2.78. The van der Waals surface area contributed by atoms with Crippen LogP contribution in [0.1, 0.15) is 17.1 Å². The number of hydrogen-bond donors (Lipinski definition) is 2. The number of hydrogen-bond acceptors (Lipinski definition) is 5. The number of ether oxygens (including phenoxy) is 1. The van der Waals surface area contributed by atoms with Gasteiger partial charge in [-0.05, 0) is 25.1 Å². The van der Waals surface area contributed by atoms with E-state index in [0.29, 0.717) is 17.1 Å². The number of nitrogens with two attached hydrogens (primary N) is 1. The lowest BCUT2D eigenvalue weighted by molar-refractivity contribution is 0.249. The van der Waals surface area contributed by atoms with Crippen molar-refractivity contribution in [3.05, 3.63) is 41.6 Å². The topological polar surface area (TPSA) is 98.0 Å². The van der Waals surface area contributed by atoms with Crippen LogP contribution in [-0.2, 0) is 6.61 Å². The quantitative estimate of drug-likeness (QED) is 0.610. The summed E-state index contributed by atoms with van der Waals surface area (Å²) in [4.78, 5) is 8.10. The molecule has 6 heteroatoms. The molecule has 0 bridgehead atoms. The van der Waals surface area contributed by atoms with Crippen LogP contribution >= 0.6 is 0 Å². The third kappa shape index (κ3) is 2.81. The van der Waals surface area contributed by atoms with Crippen molar-refractivity contribution in [1.29, 1.82) is 5.41 Å². The van der Waals surface area contributed by atoms with E-state index in [1.54, 1.807) is 31.4 Å². The lowest BCUT2D eigenvalue weighted by Crippen LogP contribution is -2.14. The van der Waals surface area contributed by atoms with Crippen molar-refractivity contribution in [2.24, 2.45) is 5.73 Å². The zero-order valence-electron chi connectivity index (χ0n) is 9.30. The van der Waals surface area contributed by atoms with Gasteiger partial charge in [-0.2, -0.15) is 4.98 Å². The van der Waals surface area contributed by atoms with E-state index >= 15 is 0 Å². The maximum Gasteiger partial charge on any atom is 0.317 e. The minimum atomic E-state index is -0.113. The number of nitrogen functional groups attached to an aromatic ring is 1.